The van der Waals surface area contributed by atoms with Crippen LogP contribution in [0.2, 0.25) is 0 Å². The molecule has 2 aromatic carbocycles. The molecule has 3 nitrogen and oxygen atoms in total. The maximum atomic E-state index is 11.9. The summed E-state index contributed by atoms with van der Waals surface area (Å²) in [5.74, 6) is -0.0447. The first-order valence-electron chi connectivity index (χ1n) is 6.78. The van der Waals surface area contributed by atoms with E-state index in [2.05, 4.69) is 5.32 Å². The predicted octanol–water partition coefficient (Wildman–Crippen LogP) is 2.47. The third-order valence-corrected chi connectivity index (χ3v) is 3.20. The highest BCUT2D eigenvalue weighted by Gasteiger charge is 2.12. The van der Waals surface area contributed by atoms with Crippen molar-refractivity contribution in [3.63, 3.8) is 0 Å². The maximum Gasteiger partial charge on any atom is 0.220 e. The largest absolute Gasteiger partial charge is 0.394 e. The Morgan fingerprint density at radius 1 is 1.00 bits per heavy atom. The molecule has 0 saturated heterocycles. The van der Waals surface area contributed by atoms with E-state index in [4.69, 9.17) is 0 Å². The van der Waals surface area contributed by atoms with Gasteiger partial charge in [-0.1, -0.05) is 60.7 Å². The lowest BCUT2D eigenvalue weighted by Crippen LogP contribution is -2.30. The summed E-state index contributed by atoms with van der Waals surface area (Å²) < 4.78 is 0. The number of amides is 1. The Kier molecular flexibility index (Phi) is 5.33. The van der Waals surface area contributed by atoms with Gasteiger partial charge in [-0.25, -0.2) is 0 Å². The minimum atomic E-state index is -0.334. The molecule has 0 aliphatic carbocycles. The van der Waals surface area contributed by atoms with Crippen LogP contribution in [0.25, 0.3) is 0 Å². The molecule has 104 valence electrons. The molecule has 2 N–H and O–H groups in total. The molecule has 3 heteroatoms. The Labute approximate surface area is 119 Å². The zero-order valence-corrected chi connectivity index (χ0v) is 11.3. The maximum absolute atomic E-state index is 11.9. The first-order chi connectivity index (χ1) is 9.79. The van der Waals surface area contributed by atoms with Crippen LogP contribution in [0, 0.1) is 0 Å². The van der Waals surface area contributed by atoms with Crippen molar-refractivity contribution in [1.29, 1.82) is 0 Å². The topological polar surface area (TPSA) is 49.3 Å². The van der Waals surface area contributed by atoms with Crippen molar-refractivity contribution in [2.75, 3.05) is 6.61 Å². The number of hydrogen-bond donors (Lipinski definition) is 2. The normalized spacial score (nSPS) is 11.8. The van der Waals surface area contributed by atoms with Crippen LogP contribution in [0.1, 0.15) is 23.6 Å². The number of benzene rings is 2. The number of carbonyl (C=O) groups is 1. The summed E-state index contributed by atoms with van der Waals surface area (Å²) >= 11 is 0. The van der Waals surface area contributed by atoms with Crippen LogP contribution in [-0.2, 0) is 11.2 Å². The Morgan fingerprint density at radius 2 is 1.60 bits per heavy atom. The van der Waals surface area contributed by atoms with Gasteiger partial charge in [0, 0.05) is 6.42 Å². The van der Waals surface area contributed by atoms with Crippen molar-refractivity contribution < 1.29 is 9.90 Å². The van der Waals surface area contributed by atoms with Crippen LogP contribution in [0.4, 0.5) is 0 Å². The summed E-state index contributed by atoms with van der Waals surface area (Å²) in [7, 11) is 0. The fourth-order valence-electron chi connectivity index (χ4n) is 2.09. The van der Waals surface area contributed by atoms with Gasteiger partial charge in [0.15, 0.2) is 0 Å². The predicted molar refractivity (Wildman–Crippen MR) is 79.2 cm³/mol. The van der Waals surface area contributed by atoms with E-state index in [1.165, 1.54) is 0 Å². The highest BCUT2D eigenvalue weighted by molar-refractivity contribution is 5.76. The molecule has 0 heterocycles. The lowest BCUT2D eigenvalue weighted by Gasteiger charge is -2.16. The van der Waals surface area contributed by atoms with Gasteiger partial charge in [0.2, 0.25) is 5.91 Å². The number of carbonyl (C=O) groups excluding carboxylic acids is 1. The number of hydrogen-bond acceptors (Lipinski definition) is 2. The first-order valence-corrected chi connectivity index (χ1v) is 6.78. The molecule has 0 aliphatic heterocycles. The fourth-order valence-corrected chi connectivity index (χ4v) is 2.09. The van der Waals surface area contributed by atoms with Crippen LogP contribution in [0.15, 0.2) is 60.7 Å². The standard InChI is InChI=1S/C17H19NO2/c19-13-16(15-9-5-2-6-10-15)18-17(20)12-11-14-7-3-1-4-8-14/h1-10,16,19H,11-13H2,(H,18,20). The molecule has 0 aromatic heterocycles. The number of aryl methyl sites for hydroxylation is 1. The average Bonchev–Trinajstić information content (AvgIpc) is 2.52. The van der Waals surface area contributed by atoms with Crippen molar-refractivity contribution in [3.8, 4) is 0 Å². The van der Waals surface area contributed by atoms with Crippen molar-refractivity contribution >= 4 is 5.91 Å². The third-order valence-electron chi connectivity index (χ3n) is 3.20. The summed E-state index contributed by atoms with van der Waals surface area (Å²) in [6, 6.07) is 19.1. The fraction of sp³-hybridized carbons (Fsp3) is 0.235. The van der Waals surface area contributed by atoms with Gasteiger partial charge < -0.3 is 10.4 Å². The highest BCUT2D eigenvalue weighted by atomic mass is 16.3. The molecule has 2 rings (SSSR count). The summed E-state index contributed by atoms with van der Waals surface area (Å²) in [6.45, 7) is -0.0961. The first kappa shape index (κ1) is 14.3. The lowest BCUT2D eigenvalue weighted by molar-refractivity contribution is -0.122. The number of nitrogens with one attached hydrogen (secondary N) is 1. The van der Waals surface area contributed by atoms with Gasteiger partial charge in [0.25, 0.3) is 0 Å². The Morgan fingerprint density at radius 3 is 2.20 bits per heavy atom. The average molecular weight is 269 g/mol. The number of aliphatic hydroxyl groups is 1. The number of aliphatic hydroxyl groups excluding tert-OH is 1. The zero-order valence-electron chi connectivity index (χ0n) is 11.3. The molecule has 0 radical (unpaired) electrons. The second-order valence-corrected chi connectivity index (χ2v) is 4.70. The van der Waals surface area contributed by atoms with Gasteiger partial charge >= 0.3 is 0 Å². The van der Waals surface area contributed by atoms with Gasteiger partial charge in [-0.05, 0) is 17.5 Å². The molecule has 0 saturated carbocycles. The van der Waals surface area contributed by atoms with E-state index in [0.29, 0.717) is 12.8 Å². The van der Waals surface area contributed by atoms with Crippen LogP contribution in [-0.4, -0.2) is 17.6 Å². The Balaban J connectivity index is 1.87. The summed E-state index contributed by atoms with van der Waals surface area (Å²) in [5, 5.41) is 12.3. The minimum Gasteiger partial charge on any atom is -0.394 e. The molecule has 1 unspecified atom stereocenters. The summed E-state index contributed by atoms with van der Waals surface area (Å²) in [4.78, 5) is 11.9. The van der Waals surface area contributed by atoms with E-state index in [1.54, 1.807) is 0 Å². The quantitative estimate of drug-likeness (QED) is 0.846. The Bertz CT molecular complexity index is 525. The van der Waals surface area contributed by atoms with Gasteiger partial charge in [0.05, 0.1) is 12.6 Å². The molecule has 20 heavy (non-hydrogen) atoms. The molecule has 1 amide bonds. The SMILES string of the molecule is O=C(CCc1ccccc1)NC(CO)c1ccccc1. The van der Waals surface area contributed by atoms with Crippen LogP contribution in [0.5, 0.6) is 0 Å². The van der Waals surface area contributed by atoms with Crippen molar-refractivity contribution in [3.05, 3.63) is 71.8 Å². The summed E-state index contributed by atoms with van der Waals surface area (Å²) in [6.07, 6.45) is 1.13. The molecule has 0 aliphatic rings. The van der Waals surface area contributed by atoms with Crippen LogP contribution >= 0.6 is 0 Å². The van der Waals surface area contributed by atoms with Crippen molar-refractivity contribution in [2.24, 2.45) is 0 Å². The van der Waals surface area contributed by atoms with E-state index in [0.717, 1.165) is 11.1 Å². The smallest absolute Gasteiger partial charge is 0.220 e. The molecular weight excluding hydrogens is 250 g/mol. The van der Waals surface area contributed by atoms with Gasteiger partial charge in [0.1, 0.15) is 0 Å². The lowest BCUT2D eigenvalue weighted by atomic mass is 10.1. The second kappa shape index (κ2) is 7.46. The molecule has 1 atom stereocenters. The van der Waals surface area contributed by atoms with E-state index in [-0.39, 0.29) is 18.6 Å². The zero-order chi connectivity index (χ0) is 14.2. The van der Waals surface area contributed by atoms with Crippen LogP contribution in [0.3, 0.4) is 0 Å². The van der Waals surface area contributed by atoms with Gasteiger partial charge in [-0.15, -0.1) is 0 Å². The highest BCUT2D eigenvalue weighted by Crippen LogP contribution is 2.12. The molecular formula is C17H19NO2. The van der Waals surface area contributed by atoms with Crippen LogP contribution < -0.4 is 5.32 Å². The van der Waals surface area contributed by atoms with Gasteiger partial charge in [-0.2, -0.15) is 0 Å². The summed E-state index contributed by atoms with van der Waals surface area (Å²) in [5.41, 5.74) is 2.06. The second-order valence-electron chi connectivity index (χ2n) is 4.70. The molecule has 2 aromatic rings. The monoisotopic (exact) mass is 269 g/mol. The molecule has 0 bridgehead atoms. The van der Waals surface area contributed by atoms with E-state index >= 15 is 0 Å². The molecule has 0 spiro atoms. The van der Waals surface area contributed by atoms with Crippen molar-refractivity contribution in [1.82, 2.24) is 5.32 Å². The van der Waals surface area contributed by atoms with Crippen molar-refractivity contribution in [2.45, 2.75) is 18.9 Å². The van der Waals surface area contributed by atoms with E-state index in [9.17, 15) is 9.90 Å². The van der Waals surface area contributed by atoms with E-state index < -0.39 is 0 Å². The minimum absolute atomic E-state index is 0.0447. The number of rotatable bonds is 6. The molecule has 0 fully saturated rings. The van der Waals surface area contributed by atoms with E-state index in [1.807, 2.05) is 60.7 Å². The van der Waals surface area contributed by atoms with Gasteiger partial charge in [-0.3, -0.25) is 4.79 Å². The Hall–Kier alpha value is -2.13. The third kappa shape index (κ3) is 4.21.